The lowest BCUT2D eigenvalue weighted by molar-refractivity contribution is 0.139. The van der Waals surface area contributed by atoms with E-state index in [-0.39, 0.29) is 0 Å². The van der Waals surface area contributed by atoms with Crippen molar-refractivity contribution < 1.29 is 8.42 Å². The first-order chi connectivity index (χ1) is 10.9. The first-order valence-electron chi connectivity index (χ1n) is 8.71. The lowest BCUT2D eigenvalue weighted by Crippen LogP contribution is -2.51. The van der Waals surface area contributed by atoms with Crippen molar-refractivity contribution in [2.24, 2.45) is 0 Å². The Balaban J connectivity index is 1.77. The normalized spacial score (nSPS) is 21.9. The molecular weight excluding hydrogens is 308 g/mol. The molecule has 128 valence electrons. The smallest absolute Gasteiger partial charge is 0.243 e. The molecule has 1 heterocycles. The Morgan fingerprint density at radius 3 is 1.96 bits per heavy atom. The van der Waals surface area contributed by atoms with Gasteiger partial charge in [0.2, 0.25) is 10.0 Å². The summed E-state index contributed by atoms with van der Waals surface area (Å²) in [6.07, 6.45) is 5.21. The number of nitrogens with zero attached hydrogens (tertiary/aromatic N) is 2. The molecule has 23 heavy (non-hydrogen) atoms. The van der Waals surface area contributed by atoms with Gasteiger partial charge < -0.3 is 0 Å². The highest BCUT2D eigenvalue weighted by Crippen LogP contribution is 2.28. The fourth-order valence-electron chi connectivity index (χ4n) is 4.28. The first kappa shape index (κ1) is 16.9. The van der Waals surface area contributed by atoms with E-state index in [0.717, 1.165) is 29.8 Å². The molecule has 0 aromatic heterocycles. The molecular formula is C18H28N2O2S. The number of hydrogen-bond donors (Lipinski definition) is 0. The van der Waals surface area contributed by atoms with Crippen LogP contribution in [0, 0.1) is 20.8 Å². The summed E-state index contributed by atoms with van der Waals surface area (Å²) in [7, 11) is -3.38. The van der Waals surface area contributed by atoms with E-state index in [2.05, 4.69) is 4.90 Å². The third kappa shape index (κ3) is 3.32. The molecule has 5 heteroatoms. The monoisotopic (exact) mass is 336 g/mol. The van der Waals surface area contributed by atoms with E-state index < -0.39 is 10.0 Å². The quantitative estimate of drug-likeness (QED) is 0.852. The van der Waals surface area contributed by atoms with Gasteiger partial charge in [-0.25, -0.2) is 8.42 Å². The molecule has 1 aliphatic carbocycles. The standard InChI is InChI=1S/C18H28N2O2S/c1-14-12-15(2)18(16(3)13-14)23(21,22)20-10-8-19(9-11-20)17-6-4-5-7-17/h12-13,17H,4-11H2,1-3H3. The molecule has 4 nitrogen and oxygen atoms in total. The highest BCUT2D eigenvalue weighted by Gasteiger charge is 2.33. The van der Waals surface area contributed by atoms with Gasteiger partial charge in [0.05, 0.1) is 4.90 Å². The van der Waals surface area contributed by atoms with E-state index in [1.54, 1.807) is 4.31 Å². The van der Waals surface area contributed by atoms with Crippen molar-refractivity contribution in [3.63, 3.8) is 0 Å². The van der Waals surface area contributed by atoms with Crippen LogP contribution in [0.2, 0.25) is 0 Å². The molecule has 0 amide bonds. The van der Waals surface area contributed by atoms with E-state index in [9.17, 15) is 8.42 Å². The SMILES string of the molecule is Cc1cc(C)c(S(=O)(=O)N2CCN(C3CCCC3)CC2)c(C)c1. The summed E-state index contributed by atoms with van der Waals surface area (Å²) in [5, 5.41) is 0. The van der Waals surface area contributed by atoms with Gasteiger partial charge >= 0.3 is 0 Å². The maximum absolute atomic E-state index is 13.1. The predicted octanol–water partition coefficient (Wildman–Crippen LogP) is 2.86. The number of hydrogen-bond acceptors (Lipinski definition) is 3. The zero-order valence-electron chi connectivity index (χ0n) is 14.5. The van der Waals surface area contributed by atoms with Crippen LogP contribution >= 0.6 is 0 Å². The van der Waals surface area contributed by atoms with Crippen molar-refractivity contribution in [3.8, 4) is 0 Å². The van der Waals surface area contributed by atoms with Crippen LogP contribution in [0.5, 0.6) is 0 Å². The fourth-order valence-corrected chi connectivity index (χ4v) is 6.12. The molecule has 0 N–H and O–H groups in total. The van der Waals surface area contributed by atoms with E-state index in [4.69, 9.17) is 0 Å². The highest BCUT2D eigenvalue weighted by atomic mass is 32.2. The van der Waals surface area contributed by atoms with Crippen LogP contribution in [-0.4, -0.2) is 49.8 Å². The van der Waals surface area contributed by atoms with Gasteiger partial charge in [-0.05, 0) is 44.7 Å². The van der Waals surface area contributed by atoms with Gasteiger partial charge in [-0.3, -0.25) is 4.90 Å². The van der Waals surface area contributed by atoms with E-state index in [1.165, 1.54) is 25.7 Å². The number of aryl methyl sites for hydroxylation is 3. The largest absolute Gasteiger partial charge is 0.298 e. The minimum absolute atomic E-state index is 0.511. The van der Waals surface area contributed by atoms with Crippen LogP contribution in [0.1, 0.15) is 42.4 Å². The van der Waals surface area contributed by atoms with Crippen LogP contribution in [0.15, 0.2) is 17.0 Å². The minimum atomic E-state index is -3.38. The van der Waals surface area contributed by atoms with Crippen LogP contribution in [0.25, 0.3) is 0 Å². The van der Waals surface area contributed by atoms with Crippen LogP contribution in [0.3, 0.4) is 0 Å². The van der Waals surface area contributed by atoms with E-state index in [1.807, 2.05) is 32.9 Å². The average molecular weight is 337 g/mol. The number of benzene rings is 1. The summed E-state index contributed by atoms with van der Waals surface area (Å²) >= 11 is 0. The van der Waals surface area contributed by atoms with Gasteiger partial charge in [0.1, 0.15) is 0 Å². The van der Waals surface area contributed by atoms with Crippen molar-refractivity contribution in [1.29, 1.82) is 0 Å². The molecule has 1 aliphatic heterocycles. The van der Waals surface area contributed by atoms with Crippen molar-refractivity contribution in [2.45, 2.75) is 57.4 Å². The van der Waals surface area contributed by atoms with Crippen molar-refractivity contribution >= 4 is 10.0 Å². The molecule has 1 saturated carbocycles. The molecule has 0 radical (unpaired) electrons. The lowest BCUT2D eigenvalue weighted by Gasteiger charge is -2.37. The number of sulfonamides is 1. The van der Waals surface area contributed by atoms with Crippen LogP contribution < -0.4 is 0 Å². The Hall–Kier alpha value is -0.910. The summed E-state index contributed by atoms with van der Waals surface area (Å²) in [6, 6.07) is 4.62. The Labute approximate surface area is 140 Å². The molecule has 0 bridgehead atoms. The number of rotatable bonds is 3. The predicted molar refractivity (Wildman–Crippen MR) is 93.2 cm³/mol. The topological polar surface area (TPSA) is 40.6 Å². The molecule has 1 aromatic carbocycles. The van der Waals surface area contributed by atoms with Gasteiger partial charge in [0, 0.05) is 32.2 Å². The van der Waals surface area contributed by atoms with Gasteiger partial charge in [0.25, 0.3) is 0 Å². The first-order valence-corrected chi connectivity index (χ1v) is 10.2. The summed E-state index contributed by atoms with van der Waals surface area (Å²) in [5.41, 5.74) is 2.84. The van der Waals surface area contributed by atoms with Crippen LogP contribution in [-0.2, 0) is 10.0 Å². The minimum Gasteiger partial charge on any atom is -0.298 e. The molecule has 2 aliphatic rings. The van der Waals surface area contributed by atoms with Gasteiger partial charge in [-0.1, -0.05) is 30.5 Å². The lowest BCUT2D eigenvalue weighted by atomic mass is 10.1. The molecule has 0 atom stereocenters. The third-order valence-corrected chi connectivity index (χ3v) is 7.52. The fraction of sp³-hybridized carbons (Fsp3) is 0.667. The zero-order valence-corrected chi connectivity index (χ0v) is 15.3. The van der Waals surface area contributed by atoms with Gasteiger partial charge in [-0.2, -0.15) is 4.31 Å². The maximum atomic E-state index is 13.1. The summed E-state index contributed by atoms with van der Waals surface area (Å²) in [4.78, 5) is 3.01. The number of piperazine rings is 1. The molecule has 1 saturated heterocycles. The second-order valence-electron chi connectivity index (χ2n) is 7.11. The maximum Gasteiger partial charge on any atom is 0.243 e. The van der Waals surface area contributed by atoms with Crippen molar-refractivity contribution in [2.75, 3.05) is 26.2 Å². The second-order valence-corrected chi connectivity index (χ2v) is 8.98. The Kier molecular flexibility index (Phi) is 4.81. The summed E-state index contributed by atoms with van der Waals surface area (Å²) in [5.74, 6) is 0. The van der Waals surface area contributed by atoms with Crippen molar-refractivity contribution in [3.05, 3.63) is 28.8 Å². The Morgan fingerprint density at radius 1 is 0.913 bits per heavy atom. The molecule has 0 unspecified atom stereocenters. The van der Waals surface area contributed by atoms with Gasteiger partial charge in [-0.15, -0.1) is 0 Å². The molecule has 0 spiro atoms. The van der Waals surface area contributed by atoms with E-state index in [0.29, 0.717) is 24.0 Å². The van der Waals surface area contributed by atoms with E-state index >= 15 is 0 Å². The van der Waals surface area contributed by atoms with Crippen molar-refractivity contribution in [1.82, 2.24) is 9.21 Å². The van der Waals surface area contributed by atoms with Gasteiger partial charge in [0.15, 0.2) is 0 Å². The molecule has 2 fully saturated rings. The van der Waals surface area contributed by atoms with Crippen LogP contribution in [0.4, 0.5) is 0 Å². The Morgan fingerprint density at radius 2 is 1.43 bits per heavy atom. The second kappa shape index (κ2) is 6.54. The summed E-state index contributed by atoms with van der Waals surface area (Å²) < 4.78 is 27.8. The third-order valence-electron chi connectivity index (χ3n) is 5.32. The molecule has 3 rings (SSSR count). The molecule has 1 aromatic rings. The Bertz CT molecular complexity index is 647. The highest BCUT2D eigenvalue weighted by molar-refractivity contribution is 7.89. The summed E-state index contributed by atoms with van der Waals surface area (Å²) in [6.45, 7) is 8.79. The average Bonchev–Trinajstić information content (AvgIpc) is 3.00. The zero-order chi connectivity index (χ0) is 16.6.